The molecule has 0 amide bonds. The monoisotopic (exact) mass is 290 g/mol. The Bertz CT molecular complexity index is 797. The van der Waals surface area contributed by atoms with Gasteiger partial charge in [-0.3, -0.25) is 5.01 Å². The Balaban J connectivity index is 1.77. The molecule has 3 atom stereocenters. The Labute approximate surface area is 130 Å². The summed E-state index contributed by atoms with van der Waals surface area (Å²) >= 11 is 0. The number of para-hydroxylation sites is 1. The van der Waals surface area contributed by atoms with Crippen molar-refractivity contribution in [2.75, 3.05) is 11.9 Å². The number of benzene rings is 2. The van der Waals surface area contributed by atoms with Gasteiger partial charge in [0.05, 0.1) is 6.04 Å². The highest BCUT2D eigenvalue weighted by atomic mass is 15.6. The summed E-state index contributed by atoms with van der Waals surface area (Å²) in [6.07, 6.45) is 0. The van der Waals surface area contributed by atoms with E-state index in [2.05, 4.69) is 64.6 Å². The molecule has 5 rings (SSSR count). The molecule has 0 spiro atoms. The number of hydrogen-bond donors (Lipinski definition) is 0. The molecule has 0 saturated heterocycles. The second-order valence-electron chi connectivity index (χ2n) is 6.46. The van der Waals surface area contributed by atoms with Gasteiger partial charge in [0.1, 0.15) is 12.1 Å². The average molecular weight is 290 g/mol. The average Bonchev–Trinajstić information content (AvgIpc) is 2.91. The zero-order chi connectivity index (χ0) is 14.8. The van der Waals surface area contributed by atoms with Crippen LogP contribution in [-0.4, -0.2) is 12.1 Å². The summed E-state index contributed by atoms with van der Waals surface area (Å²) in [4.78, 5) is 2.51. The molecule has 0 fully saturated rings. The zero-order valence-electron chi connectivity index (χ0n) is 12.8. The smallest absolute Gasteiger partial charge is 0.126 e. The highest BCUT2D eigenvalue weighted by Crippen LogP contribution is 2.54. The fourth-order valence-corrected chi connectivity index (χ4v) is 4.21. The van der Waals surface area contributed by atoms with Crippen LogP contribution in [0.1, 0.15) is 47.3 Å². The van der Waals surface area contributed by atoms with E-state index in [1.54, 1.807) is 0 Å². The molecule has 3 aliphatic rings. The third-order valence-electron chi connectivity index (χ3n) is 5.36. The fourth-order valence-electron chi connectivity index (χ4n) is 4.21. The predicted octanol–water partition coefficient (Wildman–Crippen LogP) is 4.18. The van der Waals surface area contributed by atoms with E-state index in [1.165, 1.54) is 27.9 Å². The molecule has 0 bridgehead atoms. The Kier molecular flexibility index (Phi) is 2.27. The highest BCUT2D eigenvalue weighted by Gasteiger charge is 2.43. The standard InChI is InChI=1S/C18H18N4/c1-11-13-8-5-9-15-16-18(21(2)20-19-16)14-7-4-3-6-12(14)10-22(11)17(13)15/h3-9,11,16,18H,10H2,1-2H3. The van der Waals surface area contributed by atoms with E-state index in [0.29, 0.717) is 6.04 Å². The SMILES string of the molecule is CC1c2cccc3c2N1Cc1ccccc1C1C3N=NN1C. The summed E-state index contributed by atoms with van der Waals surface area (Å²) < 4.78 is 0. The lowest BCUT2D eigenvalue weighted by molar-refractivity contribution is 0.271. The topological polar surface area (TPSA) is 31.2 Å². The molecular weight excluding hydrogens is 272 g/mol. The first-order valence-electron chi connectivity index (χ1n) is 7.86. The summed E-state index contributed by atoms with van der Waals surface area (Å²) in [5.74, 6) is 0. The quantitative estimate of drug-likeness (QED) is 0.729. The lowest BCUT2D eigenvalue weighted by Gasteiger charge is -2.47. The zero-order valence-corrected chi connectivity index (χ0v) is 12.8. The van der Waals surface area contributed by atoms with Crippen molar-refractivity contribution in [1.82, 2.24) is 5.01 Å². The van der Waals surface area contributed by atoms with E-state index in [9.17, 15) is 0 Å². The minimum atomic E-state index is 0.0939. The first-order chi connectivity index (χ1) is 10.8. The van der Waals surface area contributed by atoms with Gasteiger partial charge < -0.3 is 4.90 Å². The van der Waals surface area contributed by atoms with Gasteiger partial charge in [0.15, 0.2) is 0 Å². The molecule has 2 aromatic rings. The molecule has 2 aromatic carbocycles. The maximum atomic E-state index is 4.59. The molecule has 22 heavy (non-hydrogen) atoms. The van der Waals surface area contributed by atoms with Crippen LogP contribution < -0.4 is 4.90 Å². The van der Waals surface area contributed by atoms with E-state index < -0.39 is 0 Å². The molecule has 3 aliphatic heterocycles. The number of nitrogens with zero attached hydrogens (tertiary/aromatic N) is 4. The van der Waals surface area contributed by atoms with Gasteiger partial charge in [-0.05, 0) is 23.6 Å². The van der Waals surface area contributed by atoms with Gasteiger partial charge in [-0.2, -0.15) is 5.11 Å². The van der Waals surface area contributed by atoms with E-state index in [-0.39, 0.29) is 12.1 Å². The third-order valence-corrected chi connectivity index (χ3v) is 5.36. The maximum absolute atomic E-state index is 4.59. The molecule has 4 heteroatoms. The Hall–Kier alpha value is -2.36. The van der Waals surface area contributed by atoms with Crippen molar-refractivity contribution in [3.05, 3.63) is 64.7 Å². The van der Waals surface area contributed by atoms with Crippen molar-refractivity contribution in [2.45, 2.75) is 31.6 Å². The van der Waals surface area contributed by atoms with Crippen LogP contribution in [0.5, 0.6) is 0 Å². The molecular formula is C18H18N4. The summed E-state index contributed by atoms with van der Waals surface area (Å²) in [6.45, 7) is 3.26. The molecule has 110 valence electrons. The van der Waals surface area contributed by atoms with Crippen molar-refractivity contribution in [1.29, 1.82) is 0 Å². The molecule has 0 saturated carbocycles. The lowest BCUT2D eigenvalue weighted by atomic mass is 9.81. The van der Waals surface area contributed by atoms with Crippen LogP contribution in [0.15, 0.2) is 52.8 Å². The lowest BCUT2D eigenvalue weighted by Crippen LogP contribution is -2.39. The molecule has 0 radical (unpaired) electrons. The van der Waals surface area contributed by atoms with Crippen molar-refractivity contribution in [3.63, 3.8) is 0 Å². The normalized spacial score (nSPS) is 27.5. The number of rotatable bonds is 0. The second kappa shape index (κ2) is 4.09. The van der Waals surface area contributed by atoms with Crippen LogP contribution >= 0.6 is 0 Å². The maximum Gasteiger partial charge on any atom is 0.126 e. The summed E-state index contributed by atoms with van der Waals surface area (Å²) in [6, 6.07) is 16.2. The van der Waals surface area contributed by atoms with Crippen molar-refractivity contribution < 1.29 is 0 Å². The second-order valence-corrected chi connectivity index (χ2v) is 6.46. The van der Waals surface area contributed by atoms with Crippen LogP contribution in [0.25, 0.3) is 0 Å². The number of fused-ring (bicyclic) bond motifs is 4. The van der Waals surface area contributed by atoms with Gasteiger partial charge in [-0.15, -0.1) is 0 Å². The molecule has 3 unspecified atom stereocenters. The van der Waals surface area contributed by atoms with Crippen LogP contribution in [0.2, 0.25) is 0 Å². The Morgan fingerprint density at radius 1 is 1.00 bits per heavy atom. The van der Waals surface area contributed by atoms with Gasteiger partial charge in [0.2, 0.25) is 0 Å². The van der Waals surface area contributed by atoms with Crippen LogP contribution in [0.3, 0.4) is 0 Å². The van der Waals surface area contributed by atoms with E-state index >= 15 is 0 Å². The Morgan fingerprint density at radius 3 is 2.68 bits per heavy atom. The van der Waals surface area contributed by atoms with Crippen LogP contribution in [0, 0.1) is 0 Å². The number of hydrogen-bond acceptors (Lipinski definition) is 4. The predicted molar refractivity (Wildman–Crippen MR) is 85.6 cm³/mol. The summed E-state index contributed by atoms with van der Waals surface area (Å²) in [5, 5.41) is 11.0. The van der Waals surface area contributed by atoms with Gasteiger partial charge in [0, 0.05) is 24.8 Å². The van der Waals surface area contributed by atoms with Gasteiger partial charge in [0.25, 0.3) is 0 Å². The number of anilines is 1. The van der Waals surface area contributed by atoms with Gasteiger partial charge in [-0.25, -0.2) is 0 Å². The van der Waals surface area contributed by atoms with E-state index in [4.69, 9.17) is 0 Å². The van der Waals surface area contributed by atoms with Crippen LogP contribution in [-0.2, 0) is 6.54 Å². The van der Waals surface area contributed by atoms with E-state index in [1.807, 2.05) is 12.1 Å². The van der Waals surface area contributed by atoms with E-state index in [0.717, 1.165) is 6.54 Å². The molecule has 3 heterocycles. The fraction of sp³-hybridized carbons (Fsp3) is 0.333. The third kappa shape index (κ3) is 1.37. The van der Waals surface area contributed by atoms with Crippen molar-refractivity contribution in [2.24, 2.45) is 10.3 Å². The van der Waals surface area contributed by atoms with Gasteiger partial charge in [-0.1, -0.05) is 47.7 Å². The molecule has 4 nitrogen and oxygen atoms in total. The minimum Gasteiger partial charge on any atom is -0.360 e. The van der Waals surface area contributed by atoms with Crippen molar-refractivity contribution in [3.8, 4) is 0 Å². The molecule has 0 N–H and O–H groups in total. The summed E-state index contributed by atoms with van der Waals surface area (Å²) in [5.41, 5.74) is 6.90. The highest BCUT2D eigenvalue weighted by molar-refractivity contribution is 5.72. The first kappa shape index (κ1) is 12.2. The number of likely N-dealkylation sites (N-methyl/N-ethyl adjacent to an activating group) is 1. The largest absolute Gasteiger partial charge is 0.360 e. The van der Waals surface area contributed by atoms with Gasteiger partial charge >= 0.3 is 0 Å². The Morgan fingerprint density at radius 2 is 1.77 bits per heavy atom. The summed E-state index contributed by atoms with van der Waals surface area (Å²) in [7, 11) is 2.03. The van der Waals surface area contributed by atoms with Crippen molar-refractivity contribution >= 4 is 5.69 Å². The molecule has 0 aliphatic carbocycles. The van der Waals surface area contributed by atoms with Crippen LogP contribution in [0.4, 0.5) is 5.69 Å². The first-order valence-corrected chi connectivity index (χ1v) is 7.86. The molecule has 0 aromatic heterocycles. The minimum absolute atomic E-state index is 0.0939.